The van der Waals surface area contributed by atoms with Crippen molar-refractivity contribution in [2.75, 3.05) is 6.54 Å². The van der Waals surface area contributed by atoms with Crippen LogP contribution in [-0.2, 0) is 16.0 Å². The second-order valence-corrected chi connectivity index (χ2v) is 3.47. The minimum absolute atomic E-state index is 0.0578. The Morgan fingerprint density at radius 2 is 2.07 bits per heavy atom. The molecule has 0 aliphatic carbocycles. The highest BCUT2D eigenvalue weighted by Crippen LogP contribution is 2.12. The Kier molecular flexibility index (Phi) is 2.75. The number of aromatic nitrogens is 3. The van der Waals surface area contributed by atoms with Crippen molar-refractivity contribution in [1.82, 2.24) is 20.1 Å². The first-order valence-corrected chi connectivity index (χ1v) is 4.95. The standard InChI is InChI=1S/C9H12N4O2/c14-8-3-4-9(15)13(8)5-1-2-7-10-6-11-12-7/h6H,1-5H2,(H,10,11,12). The Morgan fingerprint density at radius 1 is 1.33 bits per heavy atom. The van der Waals surface area contributed by atoms with Crippen molar-refractivity contribution in [3.63, 3.8) is 0 Å². The Hall–Kier alpha value is -1.72. The number of likely N-dealkylation sites (tertiary alicyclic amines) is 1. The molecule has 2 heterocycles. The van der Waals surface area contributed by atoms with E-state index in [0.29, 0.717) is 25.8 Å². The van der Waals surface area contributed by atoms with Gasteiger partial charge in [-0.1, -0.05) is 0 Å². The van der Waals surface area contributed by atoms with Crippen LogP contribution in [0.2, 0.25) is 0 Å². The molecule has 0 bridgehead atoms. The molecule has 2 amide bonds. The summed E-state index contributed by atoms with van der Waals surface area (Å²) >= 11 is 0. The molecule has 0 aromatic carbocycles. The Balaban J connectivity index is 1.78. The van der Waals surface area contributed by atoms with Crippen LogP contribution in [0.1, 0.15) is 25.1 Å². The van der Waals surface area contributed by atoms with Crippen LogP contribution in [0.5, 0.6) is 0 Å². The van der Waals surface area contributed by atoms with Crippen molar-refractivity contribution in [2.45, 2.75) is 25.7 Å². The number of amides is 2. The third-order valence-electron chi connectivity index (χ3n) is 2.42. The van der Waals surface area contributed by atoms with Crippen LogP contribution in [0.3, 0.4) is 0 Å². The normalized spacial score (nSPS) is 16.4. The zero-order valence-corrected chi connectivity index (χ0v) is 8.27. The molecule has 6 heteroatoms. The molecule has 1 saturated heterocycles. The molecule has 0 radical (unpaired) electrons. The predicted molar refractivity (Wildman–Crippen MR) is 50.7 cm³/mol. The lowest BCUT2D eigenvalue weighted by Crippen LogP contribution is -2.30. The van der Waals surface area contributed by atoms with Gasteiger partial charge in [-0.25, -0.2) is 4.98 Å². The molecular formula is C9H12N4O2. The Morgan fingerprint density at radius 3 is 2.67 bits per heavy atom. The molecular weight excluding hydrogens is 196 g/mol. The minimum atomic E-state index is -0.0578. The third-order valence-corrected chi connectivity index (χ3v) is 2.42. The summed E-state index contributed by atoms with van der Waals surface area (Å²) in [4.78, 5) is 27.8. The number of nitrogens with one attached hydrogen (secondary N) is 1. The fraction of sp³-hybridized carbons (Fsp3) is 0.556. The maximum Gasteiger partial charge on any atom is 0.229 e. The Bertz CT molecular complexity index is 344. The lowest BCUT2D eigenvalue weighted by Gasteiger charge is -2.12. The predicted octanol–water partition coefficient (Wildman–Crippen LogP) is -0.114. The number of H-pyrrole nitrogens is 1. The van der Waals surface area contributed by atoms with Gasteiger partial charge in [-0.05, 0) is 6.42 Å². The van der Waals surface area contributed by atoms with Gasteiger partial charge in [0.1, 0.15) is 12.2 Å². The van der Waals surface area contributed by atoms with Crippen LogP contribution in [0.15, 0.2) is 6.33 Å². The summed E-state index contributed by atoms with van der Waals surface area (Å²) in [5, 5.41) is 6.45. The molecule has 80 valence electrons. The smallest absolute Gasteiger partial charge is 0.229 e. The number of carbonyl (C=O) groups excluding carboxylic acids is 2. The van der Waals surface area contributed by atoms with Gasteiger partial charge in [0, 0.05) is 25.8 Å². The average molecular weight is 208 g/mol. The van der Waals surface area contributed by atoms with Crippen molar-refractivity contribution in [3.05, 3.63) is 12.2 Å². The lowest BCUT2D eigenvalue weighted by atomic mass is 10.3. The van der Waals surface area contributed by atoms with Gasteiger partial charge in [-0.3, -0.25) is 19.6 Å². The number of hydrogen-bond acceptors (Lipinski definition) is 4. The van der Waals surface area contributed by atoms with Crippen molar-refractivity contribution < 1.29 is 9.59 Å². The first-order chi connectivity index (χ1) is 7.27. The zero-order chi connectivity index (χ0) is 10.7. The van der Waals surface area contributed by atoms with E-state index < -0.39 is 0 Å². The molecule has 0 saturated carbocycles. The summed E-state index contributed by atoms with van der Waals surface area (Å²) in [6, 6.07) is 0. The minimum Gasteiger partial charge on any atom is -0.283 e. The zero-order valence-electron chi connectivity index (χ0n) is 8.27. The topological polar surface area (TPSA) is 79.0 Å². The summed E-state index contributed by atoms with van der Waals surface area (Å²) in [6.07, 6.45) is 3.60. The van der Waals surface area contributed by atoms with E-state index in [4.69, 9.17) is 0 Å². The number of nitrogens with zero attached hydrogens (tertiary/aromatic N) is 3. The van der Waals surface area contributed by atoms with E-state index in [1.54, 1.807) is 0 Å². The monoisotopic (exact) mass is 208 g/mol. The number of hydrogen-bond donors (Lipinski definition) is 1. The summed E-state index contributed by atoms with van der Waals surface area (Å²) in [7, 11) is 0. The summed E-state index contributed by atoms with van der Waals surface area (Å²) in [5.74, 6) is 0.671. The van der Waals surface area contributed by atoms with Gasteiger partial charge in [0.2, 0.25) is 11.8 Å². The van der Waals surface area contributed by atoms with Gasteiger partial charge in [-0.2, -0.15) is 5.10 Å². The quantitative estimate of drug-likeness (QED) is 0.700. The molecule has 1 fully saturated rings. The maximum atomic E-state index is 11.2. The highest BCUT2D eigenvalue weighted by Gasteiger charge is 2.27. The molecule has 0 atom stereocenters. The SMILES string of the molecule is O=C1CCC(=O)N1CCCc1ncn[nH]1. The number of imide groups is 1. The molecule has 0 unspecified atom stereocenters. The first kappa shape index (κ1) is 9.82. The molecule has 2 rings (SSSR count). The van der Waals surface area contributed by atoms with Crippen LogP contribution >= 0.6 is 0 Å². The van der Waals surface area contributed by atoms with Gasteiger partial charge in [0.15, 0.2) is 0 Å². The van der Waals surface area contributed by atoms with Crippen LogP contribution in [0.4, 0.5) is 0 Å². The van der Waals surface area contributed by atoms with Crippen molar-refractivity contribution in [2.24, 2.45) is 0 Å². The number of rotatable bonds is 4. The first-order valence-electron chi connectivity index (χ1n) is 4.95. The van der Waals surface area contributed by atoms with Crippen molar-refractivity contribution in [1.29, 1.82) is 0 Å². The second-order valence-electron chi connectivity index (χ2n) is 3.47. The van der Waals surface area contributed by atoms with Gasteiger partial charge in [0.05, 0.1) is 0 Å². The Labute approximate surface area is 86.7 Å². The van der Waals surface area contributed by atoms with Gasteiger partial charge in [-0.15, -0.1) is 0 Å². The van der Waals surface area contributed by atoms with E-state index in [-0.39, 0.29) is 11.8 Å². The van der Waals surface area contributed by atoms with E-state index in [9.17, 15) is 9.59 Å². The van der Waals surface area contributed by atoms with E-state index >= 15 is 0 Å². The lowest BCUT2D eigenvalue weighted by molar-refractivity contribution is -0.138. The maximum absolute atomic E-state index is 11.2. The molecule has 1 N–H and O–H groups in total. The van der Waals surface area contributed by atoms with Gasteiger partial charge in [0.25, 0.3) is 0 Å². The van der Waals surface area contributed by atoms with Gasteiger partial charge >= 0.3 is 0 Å². The molecule has 0 spiro atoms. The number of aromatic amines is 1. The highest BCUT2D eigenvalue weighted by molar-refractivity contribution is 6.01. The molecule has 15 heavy (non-hydrogen) atoms. The molecule has 1 aliphatic rings. The van der Waals surface area contributed by atoms with E-state index in [2.05, 4.69) is 15.2 Å². The molecule has 1 aromatic rings. The molecule has 1 aromatic heterocycles. The summed E-state index contributed by atoms with van der Waals surface area (Å²) in [5.41, 5.74) is 0. The average Bonchev–Trinajstić information content (AvgIpc) is 2.82. The third kappa shape index (κ3) is 2.20. The molecule has 1 aliphatic heterocycles. The highest BCUT2D eigenvalue weighted by atomic mass is 16.2. The van der Waals surface area contributed by atoms with Crippen LogP contribution < -0.4 is 0 Å². The van der Waals surface area contributed by atoms with Crippen LogP contribution in [0, 0.1) is 0 Å². The van der Waals surface area contributed by atoms with Crippen molar-refractivity contribution >= 4 is 11.8 Å². The van der Waals surface area contributed by atoms with E-state index in [1.807, 2.05) is 0 Å². The summed E-state index contributed by atoms with van der Waals surface area (Å²) in [6.45, 7) is 0.484. The van der Waals surface area contributed by atoms with Crippen LogP contribution in [0.25, 0.3) is 0 Å². The fourth-order valence-electron chi connectivity index (χ4n) is 1.63. The second kappa shape index (κ2) is 4.20. The number of aryl methyl sites for hydroxylation is 1. The van der Waals surface area contributed by atoms with E-state index in [1.165, 1.54) is 11.2 Å². The largest absolute Gasteiger partial charge is 0.283 e. The van der Waals surface area contributed by atoms with E-state index in [0.717, 1.165) is 12.2 Å². The summed E-state index contributed by atoms with van der Waals surface area (Å²) < 4.78 is 0. The fourth-order valence-corrected chi connectivity index (χ4v) is 1.63. The van der Waals surface area contributed by atoms with Gasteiger partial charge < -0.3 is 0 Å². The molecule has 6 nitrogen and oxygen atoms in total. The number of carbonyl (C=O) groups is 2. The van der Waals surface area contributed by atoms with Crippen LogP contribution in [-0.4, -0.2) is 38.4 Å². The van der Waals surface area contributed by atoms with Crippen molar-refractivity contribution in [3.8, 4) is 0 Å².